The van der Waals surface area contributed by atoms with Gasteiger partial charge in [0.15, 0.2) is 0 Å². The van der Waals surface area contributed by atoms with Crippen molar-refractivity contribution in [2.45, 2.75) is 44.2 Å². The highest BCUT2D eigenvalue weighted by molar-refractivity contribution is 5.94. The minimum Gasteiger partial charge on any atom is -0.349 e. The highest BCUT2D eigenvalue weighted by Gasteiger charge is 2.40. The van der Waals surface area contributed by atoms with E-state index < -0.39 is 0 Å². The first-order chi connectivity index (χ1) is 11.7. The Bertz CT molecular complexity index is 703. The molecule has 4 rings (SSSR count). The molecular formula is C19H25ClN4O. The Balaban J connectivity index is 0.00000182. The summed E-state index contributed by atoms with van der Waals surface area (Å²) in [5.41, 5.74) is 7.74. The fraction of sp³-hybridized carbons (Fsp3) is 0.474. The van der Waals surface area contributed by atoms with Crippen molar-refractivity contribution in [1.82, 2.24) is 15.1 Å². The maximum atomic E-state index is 12.7. The third-order valence-corrected chi connectivity index (χ3v) is 5.54. The number of carbonyl (C=O) groups excluding carboxylic acids is 1. The molecule has 1 amide bonds. The van der Waals surface area contributed by atoms with Crippen LogP contribution in [0.25, 0.3) is 5.69 Å². The zero-order valence-corrected chi connectivity index (χ0v) is 15.0. The summed E-state index contributed by atoms with van der Waals surface area (Å²) in [5.74, 6) is 1.04. The van der Waals surface area contributed by atoms with Crippen LogP contribution in [0, 0.1) is 11.8 Å². The van der Waals surface area contributed by atoms with Gasteiger partial charge in [-0.05, 0) is 49.7 Å². The molecule has 2 unspecified atom stereocenters. The molecule has 0 saturated heterocycles. The summed E-state index contributed by atoms with van der Waals surface area (Å²) in [7, 11) is 0. The number of fused-ring (bicyclic) bond motifs is 2. The molecular weight excluding hydrogens is 336 g/mol. The molecule has 2 saturated carbocycles. The SMILES string of the molecule is Cl.NC1CC2CCCC(C1)C2NC(=O)c1cnn(-c2ccccc2)c1. The second-order valence-corrected chi connectivity index (χ2v) is 7.19. The van der Waals surface area contributed by atoms with Crippen molar-refractivity contribution in [3.05, 3.63) is 48.3 Å². The predicted octanol–water partition coefficient (Wildman–Crippen LogP) is 2.93. The van der Waals surface area contributed by atoms with E-state index in [1.54, 1.807) is 17.1 Å². The summed E-state index contributed by atoms with van der Waals surface area (Å²) in [4.78, 5) is 12.7. The summed E-state index contributed by atoms with van der Waals surface area (Å²) in [5, 5.41) is 7.60. The maximum absolute atomic E-state index is 12.7. The monoisotopic (exact) mass is 360 g/mol. The summed E-state index contributed by atoms with van der Waals surface area (Å²) in [6.45, 7) is 0. The van der Waals surface area contributed by atoms with E-state index in [1.165, 1.54) is 19.3 Å². The highest BCUT2D eigenvalue weighted by atomic mass is 35.5. The Morgan fingerprint density at radius 2 is 1.84 bits per heavy atom. The molecule has 2 aromatic rings. The zero-order chi connectivity index (χ0) is 16.5. The molecule has 2 aliphatic carbocycles. The van der Waals surface area contributed by atoms with Crippen molar-refractivity contribution in [3.8, 4) is 5.69 Å². The molecule has 2 bridgehead atoms. The molecule has 134 valence electrons. The van der Waals surface area contributed by atoms with Gasteiger partial charge >= 0.3 is 0 Å². The van der Waals surface area contributed by atoms with Gasteiger partial charge in [0, 0.05) is 18.3 Å². The first kappa shape index (κ1) is 18.0. The third-order valence-electron chi connectivity index (χ3n) is 5.54. The van der Waals surface area contributed by atoms with E-state index in [4.69, 9.17) is 5.73 Å². The molecule has 2 fully saturated rings. The lowest BCUT2D eigenvalue weighted by molar-refractivity contribution is 0.0756. The predicted molar refractivity (Wildman–Crippen MR) is 100 cm³/mol. The standard InChI is InChI=1S/C19H24N4O.ClH/c20-16-9-13-5-4-6-14(10-16)18(13)22-19(24)15-11-21-23(12-15)17-7-2-1-3-8-17;/h1-3,7-8,11-14,16,18H,4-6,9-10,20H2,(H,22,24);1H. The number of amides is 1. The van der Waals surface area contributed by atoms with Crippen LogP contribution in [0.15, 0.2) is 42.7 Å². The zero-order valence-electron chi connectivity index (χ0n) is 14.2. The number of hydrogen-bond acceptors (Lipinski definition) is 3. The molecule has 0 spiro atoms. The quantitative estimate of drug-likeness (QED) is 0.883. The van der Waals surface area contributed by atoms with Gasteiger partial charge < -0.3 is 11.1 Å². The van der Waals surface area contributed by atoms with Gasteiger partial charge in [0.25, 0.3) is 5.91 Å². The number of benzene rings is 1. The van der Waals surface area contributed by atoms with Gasteiger partial charge in [-0.25, -0.2) is 4.68 Å². The second kappa shape index (κ2) is 7.58. The summed E-state index contributed by atoms with van der Waals surface area (Å²) in [6, 6.07) is 10.4. The van der Waals surface area contributed by atoms with Gasteiger partial charge in [-0.1, -0.05) is 24.6 Å². The Morgan fingerprint density at radius 3 is 2.52 bits per heavy atom. The van der Waals surface area contributed by atoms with Crippen LogP contribution in [0.4, 0.5) is 0 Å². The molecule has 1 aromatic heterocycles. The number of aromatic nitrogens is 2. The number of nitrogens with zero attached hydrogens (tertiary/aromatic N) is 2. The lowest BCUT2D eigenvalue weighted by Crippen LogP contribution is -2.53. The average molecular weight is 361 g/mol. The minimum atomic E-state index is -0.0189. The van der Waals surface area contributed by atoms with Crippen LogP contribution in [-0.4, -0.2) is 27.8 Å². The minimum absolute atomic E-state index is 0. The number of nitrogens with one attached hydrogen (secondary N) is 1. The van der Waals surface area contributed by atoms with E-state index in [0.717, 1.165) is 18.5 Å². The number of hydrogen-bond donors (Lipinski definition) is 2. The maximum Gasteiger partial charge on any atom is 0.254 e. The van der Waals surface area contributed by atoms with E-state index in [-0.39, 0.29) is 24.4 Å². The lowest BCUT2D eigenvalue weighted by atomic mass is 9.67. The Morgan fingerprint density at radius 1 is 1.16 bits per heavy atom. The van der Waals surface area contributed by atoms with Crippen molar-refractivity contribution in [1.29, 1.82) is 0 Å². The summed E-state index contributed by atoms with van der Waals surface area (Å²) in [6.07, 6.45) is 9.13. The molecule has 25 heavy (non-hydrogen) atoms. The van der Waals surface area contributed by atoms with Crippen LogP contribution in [0.3, 0.4) is 0 Å². The molecule has 2 atom stereocenters. The van der Waals surface area contributed by atoms with Gasteiger partial charge in [0.05, 0.1) is 17.4 Å². The number of halogens is 1. The van der Waals surface area contributed by atoms with E-state index in [2.05, 4.69) is 10.4 Å². The van der Waals surface area contributed by atoms with Crippen molar-refractivity contribution in [3.63, 3.8) is 0 Å². The van der Waals surface area contributed by atoms with Crippen molar-refractivity contribution in [2.75, 3.05) is 0 Å². The first-order valence-corrected chi connectivity index (χ1v) is 8.87. The van der Waals surface area contributed by atoms with Crippen LogP contribution >= 0.6 is 12.4 Å². The van der Waals surface area contributed by atoms with Gasteiger partial charge in [0.1, 0.15) is 0 Å². The van der Waals surface area contributed by atoms with Gasteiger partial charge in [0.2, 0.25) is 0 Å². The Kier molecular flexibility index (Phi) is 5.45. The fourth-order valence-electron chi connectivity index (χ4n) is 4.42. The molecule has 6 heteroatoms. The molecule has 1 heterocycles. The van der Waals surface area contributed by atoms with Crippen LogP contribution in [-0.2, 0) is 0 Å². The molecule has 0 radical (unpaired) electrons. The topological polar surface area (TPSA) is 72.9 Å². The molecule has 0 aliphatic heterocycles. The first-order valence-electron chi connectivity index (χ1n) is 8.87. The number of carbonyl (C=O) groups is 1. The van der Waals surface area contributed by atoms with Crippen LogP contribution in [0.1, 0.15) is 42.5 Å². The molecule has 3 N–H and O–H groups in total. The van der Waals surface area contributed by atoms with E-state index in [1.807, 2.05) is 30.3 Å². The van der Waals surface area contributed by atoms with Crippen LogP contribution in [0.2, 0.25) is 0 Å². The van der Waals surface area contributed by atoms with Gasteiger partial charge in [-0.2, -0.15) is 5.10 Å². The number of rotatable bonds is 3. The van der Waals surface area contributed by atoms with Crippen molar-refractivity contribution in [2.24, 2.45) is 17.6 Å². The lowest BCUT2D eigenvalue weighted by Gasteiger charge is -2.45. The average Bonchev–Trinajstić information content (AvgIpc) is 3.07. The molecule has 1 aromatic carbocycles. The fourth-order valence-corrected chi connectivity index (χ4v) is 4.42. The van der Waals surface area contributed by atoms with Crippen molar-refractivity contribution < 1.29 is 4.79 Å². The molecule has 2 aliphatic rings. The number of para-hydroxylation sites is 1. The van der Waals surface area contributed by atoms with E-state index >= 15 is 0 Å². The van der Waals surface area contributed by atoms with Gasteiger partial charge in [-0.15, -0.1) is 12.4 Å². The van der Waals surface area contributed by atoms with E-state index in [0.29, 0.717) is 23.4 Å². The smallest absolute Gasteiger partial charge is 0.254 e. The van der Waals surface area contributed by atoms with Gasteiger partial charge in [-0.3, -0.25) is 4.79 Å². The Hall–Kier alpha value is -1.85. The van der Waals surface area contributed by atoms with Crippen molar-refractivity contribution >= 4 is 18.3 Å². The highest BCUT2D eigenvalue weighted by Crippen LogP contribution is 2.39. The summed E-state index contributed by atoms with van der Waals surface area (Å²) >= 11 is 0. The van der Waals surface area contributed by atoms with E-state index in [9.17, 15) is 4.79 Å². The third kappa shape index (κ3) is 3.72. The van der Waals surface area contributed by atoms with Crippen LogP contribution in [0.5, 0.6) is 0 Å². The second-order valence-electron chi connectivity index (χ2n) is 7.19. The molecule has 5 nitrogen and oxygen atoms in total. The number of nitrogens with two attached hydrogens (primary N) is 1. The van der Waals surface area contributed by atoms with Crippen LogP contribution < -0.4 is 11.1 Å². The Labute approximate surface area is 154 Å². The summed E-state index contributed by atoms with van der Waals surface area (Å²) < 4.78 is 1.74. The normalized spacial score (nSPS) is 28.0. The largest absolute Gasteiger partial charge is 0.349 e.